The van der Waals surface area contributed by atoms with E-state index in [1.165, 1.54) is 22.1 Å². The molecule has 188 valence electrons. The molecule has 1 aromatic heterocycles. The van der Waals surface area contributed by atoms with Gasteiger partial charge < -0.3 is 4.90 Å². The first-order valence-electron chi connectivity index (χ1n) is 12.2. The Balaban J connectivity index is 1.56. The van der Waals surface area contributed by atoms with Gasteiger partial charge >= 0.3 is 0 Å². The lowest BCUT2D eigenvalue weighted by molar-refractivity contribution is 0.0986. The molecule has 35 heavy (non-hydrogen) atoms. The molecule has 2 aromatic carbocycles. The largest absolute Gasteiger partial charge is 0.309 e. The molecular formula is C26H34N4O3S2. The van der Waals surface area contributed by atoms with Crippen molar-refractivity contribution in [2.75, 3.05) is 39.1 Å². The molecule has 0 atom stereocenters. The number of thiazole rings is 1. The lowest BCUT2D eigenvalue weighted by atomic mass is 9.96. The summed E-state index contributed by atoms with van der Waals surface area (Å²) in [5.74, 6) is -0.174. The Bertz CT molecular complexity index is 1220. The van der Waals surface area contributed by atoms with E-state index in [9.17, 15) is 13.2 Å². The summed E-state index contributed by atoms with van der Waals surface area (Å²) < 4.78 is 28.9. The van der Waals surface area contributed by atoms with E-state index < -0.39 is 10.0 Å². The quantitative estimate of drug-likeness (QED) is 0.408. The van der Waals surface area contributed by atoms with Gasteiger partial charge in [-0.3, -0.25) is 9.69 Å². The number of carbonyl (C=O) groups is 1. The summed E-state index contributed by atoms with van der Waals surface area (Å²) in [6, 6.07) is 14.2. The number of aromatic nitrogens is 1. The molecule has 0 aliphatic heterocycles. The Morgan fingerprint density at radius 3 is 2.31 bits per heavy atom. The van der Waals surface area contributed by atoms with Gasteiger partial charge in [0.05, 0.1) is 15.1 Å². The molecule has 9 heteroatoms. The van der Waals surface area contributed by atoms with Crippen molar-refractivity contribution in [3.63, 3.8) is 0 Å². The average molecular weight is 515 g/mol. The molecule has 0 saturated heterocycles. The van der Waals surface area contributed by atoms with Crippen LogP contribution < -0.4 is 4.90 Å². The van der Waals surface area contributed by atoms with Crippen molar-refractivity contribution in [1.29, 1.82) is 0 Å². The fourth-order valence-electron chi connectivity index (χ4n) is 4.54. The van der Waals surface area contributed by atoms with Crippen molar-refractivity contribution >= 4 is 42.6 Å². The van der Waals surface area contributed by atoms with Crippen LogP contribution in [0.15, 0.2) is 53.4 Å². The number of hydrogen-bond acceptors (Lipinski definition) is 6. The Hall–Kier alpha value is -2.33. The maximum absolute atomic E-state index is 13.6. The van der Waals surface area contributed by atoms with Crippen LogP contribution in [-0.4, -0.2) is 68.8 Å². The highest BCUT2D eigenvalue weighted by atomic mass is 32.2. The molecule has 3 aromatic rings. The summed E-state index contributed by atoms with van der Waals surface area (Å²) in [6.07, 6.45) is 5.89. The number of carbonyl (C=O) groups excluding carboxylic acids is 1. The Morgan fingerprint density at radius 2 is 1.66 bits per heavy atom. The molecule has 1 aliphatic rings. The molecular weight excluding hydrogens is 480 g/mol. The lowest BCUT2D eigenvalue weighted by Crippen LogP contribution is -2.38. The Morgan fingerprint density at radius 1 is 0.971 bits per heavy atom. The van der Waals surface area contributed by atoms with Crippen LogP contribution in [-0.2, 0) is 10.0 Å². The normalized spacial score (nSPS) is 15.2. The van der Waals surface area contributed by atoms with Crippen LogP contribution in [0.4, 0.5) is 5.13 Å². The number of anilines is 1. The van der Waals surface area contributed by atoms with E-state index in [0.717, 1.165) is 48.9 Å². The SMILES string of the molecule is CN(C)CCCN(C(=O)c1ccc(S(=O)(=O)N(C)C2CCCCC2)cc1)c1nc2ccccc2s1. The smallest absolute Gasteiger partial charge is 0.260 e. The van der Waals surface area contributed by atoms with Gasteiger partial charge in [-0.15, -0.1) is 0 Å². The van der Waals surface area contributed by atoms with E-state index in [1.807, 2.05) is 38.4 Å². The zero-order valence-electron chi connectivity index (χ0n) is 20.7. The summed E-state index contributed by atoms with van der Waals surface area (Å²) in [7, 11) is 2.08. The van der Waals surface area contributed by atoms with Crippen LogP contribution in [0.25, 0.3) is 10.2 Å². The van der Waals surface area contributed by atoms with Crippen molar-refractivity contribution < 1.29 is 13.2 Å². The Labute approximate surface area is 212 Å². The minimum Gasteiger partial charge on any atom is -0.309 e. The first kappa shape index (κ1) is 25.8. The zero-order valence-corrected chi connectivity index (χ0v) is 22.3. The Kier molecular flexibility index (Phi) is 8.21. The second-order valence-electron chi connectivity index (χ2n) is 9.42. The molecule has 0 radical (unpaired) electrons. The van der Waals surface area contributed by atoms with Crippen LogP contribution in [0.3, 0.4) is 0 Å². The standard InChI is InChI=1S/C26H34N4O3S2/c1-28(2)18-9-19-30(26-27-23-12-7-8-13-24(23)34-26)25(31)20-14-16-22(17-15-20)35(32,33)29(3)21-10-5-4-6-11-21/h7-8,12-17,21H,4-6,9-11,18-19H2,1-3H3. The van der Waals surface area contributed by atoms with Gasteiger partial charge in [-0.2, -0.15) is 4.31 Å². The van der Waals surface area contributed by atoms with Crippen molar-refractivity contribution in [2.45, 2.75) is 49.5 Å². The second-order valence-corrected chi connectivity index (χ2v) is 12.4. The number of nitrogens with zero attached hydrogens (tertiary/aromatic N) is 4. The maximum Gasteiger partial charge on any atom is 0.260 e. The minimum absolute atomic E-state index is 0.0429. The van der Waals surface area contributed by atoms with Gasteiger partial charge in [0.2, 0.25) is 10.0 Å². The van der Waals surface area contributed by atoms with Crippen molar-refractivity contribution in [2.24, 2.45) is 0 Å². The van der Waals surface area contributed by atoms with Gasteiger partial charge in [-0.05, 0) is 76.3 Å². The number of fused-ring (bicyclic) bond motifs is 1. The van der Waals surface area contributed by atoms with E-state index in [1.54, 1.807) is 36.2 Å². The van der Waals surface area contributed by atoms with Crippen molar-refractivity contribution in [1.82, 2.24) is 14.2 Å². The van der Waals surface area contributed by atoms with E-state index in [-0.39, 0.29) is 16.8 Å². The number of benzene rings is 2. The van der Waals surface area contributed by atoms with Crippen molar-refractivity contribution in [3.8, 4) is 0 Å². The van der Waals surface area contributed by atoms with E-state index in [4.69, 9.17) is 4.98 Å². The summed E-state index contributed by atoms with van der Waals surface area (Å²) in [5, 5.41) is 0.656. The van der Waals surface area contributed by atoms with Gasteiger partial charge in [0, 0.05) is 25.2 Å². The predicted octanol–water partition coefficient (Wildman–Crippen LogP) is 4.85. The lowest BCUT2D eigenvalue weighted by Gasteiger charge is -2.30. The van der Waals surface area contributed by atoms with Crippen LogP contribution in [0.5, 0.6) is 0 Å². The van der Waals surface area contributed by atoms with Gasteiger partial charge in [0.1, 0.15) is 0 Å². The van der Waals surface area contributed by atoms with E-state index in [0.29, 0.717) is 17.2 Å². The molecule has 0 N–H and O–H groups in total. The highest BCUT2D eigenvalue weighted by Gasteiger charge is 2.29. The fraction of sp³-hybridized carbons (Fsp3) is 0.462. The highest BCUT2D eigenvalue weighted by Crippen LogP contribution is 2.30. The summed E-state index contributed by atoms with van der Waals surface area (Å²) in [5.41, 5.74) is 1.32. The minimum atomic E-state index is -3.60. The fourth-order valence-corrected chi connectivity index (χ4v) is 6.94. The first-order chi connectivity index (χ1) is 16.8. The van der Waals surface area contributed by atoms with Gasteiger partial charge in [0.25, 0.3) is 5.91 Å². The summed E-state index contributed by atoms with van der Waals surface area (Å²) in [4.78, 5) is 22.3. The monoisotopic (exact) mass is 514 g/mol. The molecule has 1 saturated carbocycles. The molecule has 0 spiro atoms. The molecule has 1 aliphatic carbocycles. The summed E-state index contributed by atoms with van der Waals surface area (Å²) >= 11 is 1.49. The van der Waals surface area contributed by atoms with E-state index >= 15 is 0 Å². The van der Waals surface area contributed by atoms with Crippen LogP contribution >= 0.6 is 11.3 Å². The third-order valence-corrected chi connectivity index (χ3v) is 9.60. The zero-order chi connectivity index (χ0) is 25.0. The van der Waals surface area contributed by atoms with Gasteiger partial charge in [0.15, 0.2) is 5.13 Å². The number of amides is 1. The molecule has 7 nitrogen and oxygen atoms in total. The third kappa shape index (κ3) is 5.91. The van der Waals surface area contributed by atoms with Crippen LogP contribution in [0.1, 0.15) is 48.9 Å². The topological polar surface area (TPSA) is 73.8 Å². The van der Waals surface area contributed by atoms with Crippen LogP contribution in [0.2, 0.25) is 0 Å². The average Bonchev–Trinajstić information content (AvgIpc) is 3.30. The van der Waals surface area contributed by atoms with E-state index in [2.05, 4.69) is 4.90 Å². The van der Waals surface area contributed by atoms with Gasteiger partial charge in [-0.1, -0.05) is 42.7 Å². The van der Waals surface area contributed by atoms with Crippen LogP contribution in [0, 0.1) is 0 Å². The predicted molar refractivity (Wildman–Crippen MR) is 143 cm³/mol. The molecule has 1 amide bonds. The number of para-hydroxylation sites is 1. The summed E-state index contributed by atoms with van der Waals surface area (Å²) in [6.45, 7) is 1.38. The molecule has 0 unspecified atom stereocenters. The second kappa shape index (κ2) is 11.2. The molecule has 0 bridgehead atoms. The number of sulfonamides is 1. The van der Waals surface area contributed by atoms with Crippen molar-refractivity contribution in [3.05, 3.63) is 54.1 Å². The molecule has 4 rings (SSSR count). The molecule has 1 heterocycles. The maximum atomic E-state index is 13.6. The number of hydrogen-bond donors (Lipinski definition) is 0. The first-order valence-corrected chi connectivity index (χ1v) is 14.4. The molecule has 1 fully saturated rings. The highest BCUT2D eigenvalue weighted by molar-refractivity contribution is 7.89. The third-order valence-electron chi connectivity index (χ3n) is 6.61. The number of rotatable bonds is 9. The van der Waals surface area contributed by atoms with Gasteiger partial charge in [-0.25, -0.2) is 13.4 Å².